The number of aromatic amines is 1. The van der Waals surface area contributed by atoms with Crippen LogP contribution in [0.15, 0.2) is 18.7 Å². The second kappa shape index (κ2) is 8.37. The zero-order valence-corrected chi connectivity index (χ0v) is 17.2. The largest absolute Gasteiger partial charge is 0.444 e. The van der Waals surface area contributed by atoms with Crippen LogP contribution in [0.3, 0.4) is 0 Å². The fraction of sp³-hybridized carbons (Fsp3) is 0.667. The number of hydrogen-bond donors (Lipinski definition) is 1. The maximum absolute atomic E-state index is 12.2. The minimum atomic E-state index is -0.460. The van der Waals surface area contributed by atoms with Gasteiger partial charge in [0.1, 0.15) is 5.60 Å². The van der Waals surface area contributed by atoms with E-state index in [4.69, 9.17) is 4.74 Å². The van der Waals surface area contributed by atoms with E-state index in [1.807, 2.05) is 25.7 Å². The maximum Gasteiger partial charge on any atom is 0.410 e. The standard InChI is InChI=1S/C21H32N4O3/c1-5-19(26)24-10-6-15(7-11-24)17-14-18(23-22-17)16-8-12-25(13-9-16)20(27)28-21(2,3)4/h5,14-16H,1,6-13H2,2-4H3,(H,22,23). The Bertz CT molecular complexity index is 705. The summed E-state index contributed by atoms with van der Waals surface area (Å²) in [6.07, 6.45) is 4.84. The van der Waals surface area contributed by atoms with Crippen molar-refractivity contribution < 1.29 is 14.3 Å². The molecule has 1 N–H and O–H groups in total. The molecule has 2 aliphatic heterocycles. The van der Waals surface area contributed by atoms with Crippen LogP contribution in [-0.4, -0.2) is 63.8 Å². The summed E-state index contributed by atoms with van der Waals surface area (Å²) in [6.45, 7) is 12.2. The Morgan fingerprint density at radius 1 is 1.11 bits per heavy atom. The Labute approximate surface area is 167 Å². The molecule has 3 rings (SSSR count). The third-order valence-electron chi connectivity index (χ3n) is 5.60. The number of likely N-dealkylation sites (tertiary alicyclic amines) is 2. The van der Waals surface area contributed by atoms with Gasteiger partial charge in [0.05, 0.1) is 5.69 Å². The van der Waals surface area contributed by atoms with Crippen molar-refractivity contribution in [2.45, 2.75) is 63.9 Å². The molecule has 0 unspecified atom stereocenters. The number of amides is 2. The van der Waals surface area contributed by atoms with E-state index in [1.165, 1.54) is 6.08 Å². The van der Waals surface area contributed by atoms with Crippen LogP contribution >= 0.6 is 0 Å². The minimum Gasteiger partial charge on any atom is -0.444 e. The molecule has 0 aliphatic carbocycles. The van der Waals surface area contributed by atoms with Gasteiger partial charge < -0.3 is 14.5 Å². The highest BCUT2D eigenvalue weighted by Gasteiger charge is 2.29. The SMILES string of the molecule is C=CC(=O)N1CCC(c2cc(C3CCN(C(=O)OC(C)(C)C)CC3)[nH]n2)CC1. The number of aromatic nitrogens is 2. The van der Waals surface area contributed by atoms with Gasteiger partial charge in [-0.25, -0.2) is 4.79 Å². The van der Waals surface area contributed by atoms with Gasteiger partial charge in [0.2, 0.25) is 5.91 Å². The van der Waals surface area contributed by atoms with Crippen molar-refractivity contribution >= 4 is 12.0 Å². The molecule has 2 fully saturated rings. The lowest BCUT2D eigenvalue weighted by atomic mass is 9.90. The van der Waals surface area contributed by atoms with E-state index in [9.17, 15) is 9.59 Å². The average Bonchev–Trinajstić information content (AvgIpc) is 3.16. The molecule has 0 aromatic carbocycles. The van der Waals surface area contributed by atoms with Crippen LogP contribution in [0.4, 0.5) is 4.79 Å². The van der Waals surface area contributed by atoms with Crippen LogP contribution in [0, 0.1) is 0 Å². The Morgan fingerprint density at radius 3 is 2.25 bits per heavy atom. The Morgan fingerprint density at radius 2 is 1.68 bits per heavy atom. The van der Waals surface area contributed by atoms with Crippen LogP contribution in [-0.2, 0) is 9.53 Å². The van der Waals surface area contributed by atoms with Crippen molar-refractivity contribution in [3.63, 3.8) is 0 Å². The van der Waals surface area contributed by atoms with Crippen LogP contribution in [0.2, 0.25) is 0 Å². The molecular formula is C21H32N4O3. The van der Waals surface area contributed by atoms with Crippen molar-refractivity contribution in [1.82, 2.24) is 20.0 Å². The van der Waals surface area contributed by atoms with Crippen molar-refractivity contribution in [2.24, 2.45) is 0 Å². The summed E-state index contributed by atoms with van der Waals surface area (Å²) in [5.74, 6) is 0.793. The first kappa shape index (κ1) is 20.4. The summed E-state index contributed by atoms with van der Waals surface area (Å²) < 4.78 is 5.47. The molecule has 28 heavy (non-hydrogen) atoms. The summed E-state index contributed by atoms with van der Waals surface area (Å²) in [6, 6.07) is 2.18. The minimum absolute atomic E-state index is 0.0120. The first-order chi connectivity index (χ1) is 13.3. The molecule has 3 heterocycles. The lowest BCUT2D eigenvalue weighted by molar-refractivity contribution is -0.127. The van der Waals surface area contributed by atoms with Crippen molar-refractivity contribution in [3.8, 4) is 0 Å². The molecule has 0 spiro atoms. The number of rotatable bonds is 3. The fourth-order valence-electron chi connectivity index (χ4n) is 4.00. The van der Waals surface area contributed by atoms with E-state index in [0.717, 1.165) is 50.2 Å². The normalized spacial score (nSPS) is 19.5. The molecule has 7 heteroatoms. The van der Waals surface area contributed by atoms with E-state index in [-0.39, 0.29) is 12.0 Å². The fourth-order valence-corrected chi connectivity index (χ4v) is 4.00. The maximum atomic E-state index is 12.2. The number of ether oxygens (including phenoxy) is 1. The van der Waals surface area contributed by atoms with Gasteiger partial charge in [-0.2, -0.15) is 5.10 Å². The molecule has 0 bridgehead atoms. The number of hydrogen-bond acceptors (Lipinski definition) is 4. The Hall–Kier alpha value is -2.31. The van der Waals surface area contributed by atoms with Crippen LogP contribution in [0.25, 0.3) is 0 Å². The zero-order chi connectivity index (χ0) is 20.3. The second-order valence-corrected chi connectivity index (χ2v) is 8.79. The van der Waals surface area contributed by atoms with E-state index in [0.29, 0.717) is 24.9 Å². The van der Waals surface area contributed by atoms with Gasteiger partial charge in [0.25, 0.3) is 0 Å². The van der Waals surface area contributed by atoms with Crippen LogP contribution in [0.5, 0.6) is 0 Å². The molecule has 2 saturated heterocycles. The monoisotopic (exact) mass is 388 g/mol. The van der Waals surface area contributed by atoms with Gasteiger partial charge in [-0.3, -0.25) is 9.89 Å². The highest BCUT2D eigenvalue weighted by atomic mass is 16.6. The molecule has 0 atom stereocenters. The lowest BCUT2D eigenvalue weighted by Crippen LogP contribution is -2.41. The first-order valence-corrected chi connectivity index (χ1v) is 10.2. The van der Waals surface area contributed by atoms with Gasteiger partial charge in [-0.1, -0.05) is 6.58 Å². The zero-order valence-electron chi connectivity index (χ0n) is 17.2. The van der Waals surface area contributed by atoms with E-state index in [1.54, 1.807) is 4.90 Å². The smallest absolute Gasteiger partial charge is 0.410 e. The van der Waals surface area contributed by atoms with E-state index < -0.39 is 5.60 Å². The average molecular weight is 389 g/mol. The van der Waals surface area contributed by atoms with Crippen molar-refractivity contribution in [3.05, 3.63) is 30.1 Å². The van der Waals surface area contributed by atoms with Gasteiger partial charge in [0.15, 0.2) is 0 Å². The molecule has 0 radical (unpaired) electrons. The quantitative estimate of drug-likeness (QED) is 0.805. The first-order valence-electron chi connectivity index (χ1n) is 10.2. The van der Waals surface area contributed by atoms with Crippen molar-refractivity contribution in [2.75, 3.05) is 26.2 Å². The van der Waals surface area contributed by atoms with Crippen LogP contribution in [0.1, 0.15) is 69.7 Å². The van der Waals surface area contributed by atoms with Gasteiger partial charge >= 0.3 is 6.09 Å². The molecule has 7 nitrogen and oxygen atoms in total. The molecule has 154 valence electrons. The number of nitrogens with one attached hydrogen (secondary N) is 1. The number of carbonyl (C=O) groups excluding carboxylic acids is 2. The Balaban J connectivity index is 1.51. The molecule has 2 amide bonds. The molecule has 1 aromatic heterocycles. The van der Waals surface area contributed by atoms with Gasteiger partial charge in [-0.15, -0.1) is 0 Å². The number of nitrogens with zero attached hydrogens (tertiary/aromatic N) is 3. The number of carbonyl (C=O) groups is 2. The summed E-state index contributed by atoms with van der Waals surface area (Å²) in [7, 11) is 0. The summed E-state index contributed by atoms with van der Waals surface area (Å²) in [5.41, 5.74) is 1.79. The predicted molar refractivity (Wildman–Crippen MR) is 107 cm³/mol. The summed E-state index contributed by atoms with van der Waals surface area (Å²) in [5, 5.41) is 7.77. The summed E-state index contributed by atoms with van der Waals surface area (Å²) in [4.78, 5) is 27.6. The number of piperidine rings is 2. The summed E-state index contributed by atoms with van der Waals surface area (Å²) >= 11 is 0. The van der Waals surface area contributed by atoms with E-state index >= 15 is 0 Å². The van der Waals surface area contributed by atoms with Crippen LogP contribution < -0.4 is 0 Å². The third kappa shape index (κ3) is 4.94. The molecule has 0 saturated carbocycles. The molecule has 2 aliphatic rings. The predicted octanol–water partition coefficient (Wildman–Crippen LogP) is 3.42. The molecule has 1 aromatic rings. The Kier molecular flexibility index (Phi) is 6.10. The number of H-pyrrole nitrogens is 1. The van der Waals surface area contributed by atoms with Crippen molar-refractivity contribution in [1.29, 1.82) is 0 Å². The lowest BCUT2D eigenvalue weighted by Gasteiger charge is -2.33. The highest BCUT2D eigenvalue weighted by molar-refractivity contribution is 5.87. The topological polar surface area (TPSA) is 78.5 Å². The molecular weight excluding hydrogens is 356 g/mol. The second-order valence-electron chi connectivity index (χ2n) is 8.79. The van der Waals surface area contributed by atoms with E-state index in [2.05, 4.69) is 22.8 Å². The van der Waals surface area contributed by atoms with Gasteiger partial charge in [0, 0.05) is 43.7 Å². The highest BCUT2D eigenvalue weighted by Crippen LogP contribution is 2.32. The van der Waals surface area contributed by atoms with Gasteiger partial charge in [-0.05, 0) is 58.6 Å². The third-order valence-corrected chi connectivity index (χ3v) is 5.60.